The first-order chi connectivity index (χ1) is 12.6. The fourth-order valence-electron chi connectivity index (χ4n) is 2.67. The molecular weight excluding hydrogens is 360 g/mol. The average molecular weight is 373 g/mol. The van der Waals surface area contributed by atoms with Crippen LogP contribution in [0.15, 0.2) is 53.7 Å². The molecule has 0 amide bonds. The number of nitrogens with zero attached hydrogens (tertiary/aromatic N) is 3. The lowest BCUT2D eigenvalue weighted by molar-refractivity contribution is -0.137. The third-order valence-electron chi connectivity index (χ3n) is 3.96. The average Bonchev–Trinajstić information content (AvgIpc) is 3.24. The van der Waals surface area contributed by atoms with Crippen LogP contribution in [0.3, 0.4) is 0 Å². The standard InChI is InChI=1S/C18H13F2N3O2S/c19-12-3-1-11(2-4-12)16-21-22-18(26-15-9-10-25-17(15)24)23(16)14-7-5-13(20)6-8-14/h1-8,15H,9-10H2/t15-/m0/s1. The number of ether oxygens (including phenoxy) is 1. The van der Waals surface area contributed by atoms with Gasteiger partial charge in [-0.1, -0.05) is 11.8 Å². The first-order valence-electron chi connectivity index (χ1n) is 7.92. The van der Waals surface area contributed by atoms with E-state index in [1.165, 1.54) is 36.0 Å². The van der Waals surface area contributed by atoms with Gasteiger partial charge in [-0.15, -0.1) is 10.2 Å². The maximum Gasteiger partial charge on any atom is 0.319 e. The molecule has 5 nitrogen and oxygen atoms in total. The second-order valence-electron chi connectivity index (χ2n) is 5.69. The predicted molar refractivity (Wildman–Crippen MR) is 91.9 cm³/mol. The van der Waals surface area contributed by atoms with Crippen molar-refractivity contribution < 1.29 is 18.3 Å². The molecule has 0 radical (unpaired) electrons. The molecule has 132 valence electrons. The minimum absolute atomic E-state index is 0.285. The van der Waals surface area contributed by atoms with Crippen LogP contribution in [0.4, 0.5) is 8.78 Å². The molecule has 0 spiro atoms. The van der Waals surface area contributed by atoms with Crippen LogP contribution in [-0.4, -0.2) is 32.6 Å². The lowest BCUT2D eigenvalue weighted by atomic mass is 10.2. The minimum atomic E-state index is -0.362. The highest BCUT2D eigenvalue weighted by Gasteiger charge is 2.30. The molecule has 0 saturated carbocycles. The molecule has 4 rings (SSSR count). The Balaban J connectivity index is 1.80. The van der Waals surface area contributed by atoms with Gasteiger partial charge in [-0.3, -0.25) is 9.36 Å². The van der Waals surface area contributed by atoms with Gasteiger partial charge in [-0.25, -0.2) is 8.78 Å². The number of hydrogen-bond donors (Lipinski definition) is 0. The number of cyclic esters (lactones) is 1. The number of benzene rings is 2. The zero-order chi connectivity index (χ0) is 18.1. The van der Waals surface area contributed by atoms with Crippen molar-refractivity contribution in [2.24, 2.45) is 0 Å². The third-order valence-corrected chi connectivity index (χ3v) is 5.14. The normalized spacial score (nSPS) is 16.7. The number of rotatable bonds is 4. The molecule has 2 heterocycles. The van der Waals surface area contributed by atoms with E-state index in [4.69, 9.17) is 4.74 Å². The zero-order valence-electron chi connectivity index (χ0n) is 13.4. The van der Waals surface area contributed by atoms with E-state index in [1.54, 1.807) is 28.8 Å². The van der Waals surface area contributed by atoms with Gasteiger partial charge in [0, 0.05) is 17.7 Å². The molecule has 1 fully saturated rings. The summed E-state index contributed by atoms with van der Waals surface area (Å²) in [6.07, 6.45) is 0.589. The van der Waals surface area contributed by atoms with E-state index in [9.17, 15) is 13.6 Å². The SMILES string of the molecule is O=C1OCC[C@@H]1Sc1nnc(-c2ccc(F)cc2)n1-c1ccc(F)cc1. The van der Waals surface area contributed by atoms with Gasteiger partial charge in [0.15, 0.2) is 11.0 Å². The molecule has 0 bridgehead atoms. The molecule has 1 aliphatic heterocycles. The van der Waals surface area contributed by atoms with Crippen LogP contribution >= 0.6 is 11.8 Å². The Kier molecular flexibility index (Phi) is 4.42. The smallest absolute Gasteiger partial charge is 0.319 e. The van der Waals surface area contributed by atoms with E-state index in [0.717, 1.165) is 0 Å². The van der Waals surface area contributed by atoms with Crippen LogP contribution < -0.4 is 0 Å². The molecule has 0 aliphatic carbocycles. The quantitative estimate of drug-likeness (QED) is 0.654. The predicted octanol–water partition coefficient (Wildman–Crippen LogP) is 3.62. The van der Waals surface area contributed by atoms with Crippen LogP contribution in [0.1, 0.15) is 6.42 Å². The molecule has 0 N–H and O–H groups in total. The summed E-state index contributed by atoms with van der Waals surface area (Å²) in [6.45, 7) is 0.381. The molecule has 2 aromatic carbocycles. The van der Waals surface area contributed by atoms with Crippen molar-refractivity contribution in [1.82, 2.24) is 14.8 Å². The van der Waals surface area contributed by atoms with Crippen molar-refractivity contribution in [2.75, 3.05) is 6.61 Å². The van der Waals surface area contributed by atoms with Crippen molar-refractivity contribution in [3.8, 4) is 17.1 Å². The van der Waals surface area contributed by atoms with Gasteiger partial charge in [0.05, 0.1) is 6.61 Å². The summed E-state index contributed by atoms with van der Waals surface area (Å²) in [7, 11) is 0. The Morgan fingerprint density at radius 2 is 1.65 bits per heavy atom. The lowest BCUT2D eigenvalue weighted by Crippen LogP contribution is -2.11. The largest absolute Gasteiger partial charge is 0.465 e. The number of aromatic nitrogens is 3. The summed E-state index contributed by atoms with van der Waals surface area (Å²) in [5, 5.41) is 8.52. The van der Waals surface area contributed by atoms with Crippen LogP contribution in [-0.2, 0) is 9.53 Å². The third kappa shape index (κ3) is 3.20. The van der Waals surface area contributed by atoms with Crippen LogP contribution in [0.2, 0.25) is 0 Å². The van der Waals surface area contributed by atoms with E-state index < -0.39 is 0 Å². The number of carbonyl (C=O) groups is 1. The summed E-state index contributed by atoms with van der Waals surface area (Å²) >= 11 is 1.25. The minimum Gasteiger partial charge on any atom is -0.465 e. The Morgan fingerprint density at radius 1 is 1.00 bits per heavy atom. The van der Waals surface area contributed by atoms with Crippen LogP contribution in [0.5, 0.6) is 0 Å². The van der Waals surface area contributed by atoms with Crippen molar-refractivity contribution in [3.05, 3.63) is 60.2 Å². The lowest BCUT2D eigenvalue weighted by Gasteiger charge is -2.11. The molecule has 1 aromatic heterocycles. The van der Waals surface area contributed by atoms with Gasteiger partial charge < -0.3 is 4.74 Å². The number of thioether (sulfide) groups is 1. The Bertz CT molecular complexity index is 942. The van der Waals surface area contributed by atoms with Crippen molar-refractivity contribution in [3.63, 3.8) is 0 Å². The summed E-state index contributed by atoms with van der Waals surface area (Å²) in [6, 6.07) is 11.7. The van der Waals surface area contributed by atoms with Gasteiger partial charge in [-0.2, -0.15) is 0 Å². The number of carbonyl (C=O) groups excluding carboxylic acids is 1. The van der Waals surface area contributed by atoms with Gasteiger partial charge >= 0.3 is 5.97 Å². The van der Waals surface area contributed by atoms with Gasteiger partial charge in [0.2, 0.25) is 0 Å². The fourth-order valence-corrected chi connectivity index (χ4v) is 3.68. The van der Waals surface area contributed by atoms with Crippen molar-refractivity contribution >= 4 is 17.7 Å². The summed E-state index contributed by atoms with van der Waals surface area (Å²) in [4.78, 5) is 11.8. The van der Waals surface area contributed by atoms with Crippen LogP contribution in [0, 0.1) is 11.6 Å². The van der Waals surface area contributed by atoms with Crippen molar-refractivity contribution in [2.45, 2.75) is 16.8 Å². The molecule has 3 aromatic rings. The fraction of sp³-hybridized carbons (Fsp3) is 0.167. The molecule has 1 atom stereocenters. The molecule has 1 aliphatic rings. The maximum atomic E-state index is 13.3. The molecule has 1 saturated heterocycles. The van der Waals surface area contributed by atoms with E-state index in [0.29, 0.717) is 35.3 Å². The van der Waals surface area contributed by atoms with E-state index >= 15 is 0 Å². The Labute approximate surface area is 152 Å². The first kappa shape index (κ1) is 16.7. The highest BCUT2D eigenvalue weighted by molar-refractivity contribution is 8.00. The van der Waals surface area contributed by atoms with Crippen molar-refractivity contribution in [1.29, 1.82) is 0 Å². The topological polar surface area (TPSA) is 57.0 Å². The molecule has 0 unspecified atom stereocenters. The van der Waals surface area contributed by atoms with Gasteiger partial charge in [-0.05, 0) is 48.5 Å². The molecular formula is C18H13F2N3O2S. The second-order valence-corrected chi connectivity index (χ2v) is 6.86. The summed E-state index contributed by atoms with van der Waals surface area (Å²) < 4.78 is 33.3. The van der Waals surface area contributed by atoms with E-state index in [-0.39, 0.29) is 22.9 Å². The number of esters is 1. The van der Waals surface area contributed by atoms with E-state index in [1.807, 2.05) is 0 Å². The summed E-state index contributed by atoms with van der Waals surface area (Å²) in [5.74, 6) is -0.527. The monoisotopic (exact) mass is 373 g/mol. The number of hydrogen-bond acceptors (Lipinski definition) is 5. The summed E-state index contributed by atoms with van der Waals surface area (Å²) in [5.41, 5.74) is 1.30. The highest BCUT2D eigenvalue weighted by atomic mass is 32.2. The molecule has 8 heteroatoms. The van der Waals surface area contributed by atoms with Gasteiger partial charge in [0.25, 0.3) is 0 Å². The Hall–Kier alpha value is -2.74. The van der Waals surface area contributed by atoms with Crippen LogP contribution in [0.25, 0.3) is 17.1 Å². The zero-order valence-corrected chi connectivity index (χ0v) is 14.2. The van der Waals surface area contributed by atoms with E-state index in [2.05, 4.69) is 10.2 Å². The Morgan fingerprint density at radius 3 is 2.27 bits per heavy atom. The highest BCUT2D eigenvalue weighted by Crippen LogP contribution is 2.33. The second kappa shape index (κ2) is 6.87. The number of halogens is 2. The first-order valence-corrected chi connectivity index (χ1v) is 8.80. The maximum absolute atomic E-state index is 13.3. The molecule has 26 heavy (non-hydrogen) atoms. The van der Waals surface area contributed by atoms with Gasteiger partial charge in [0.1, 0.15) is 16.9 Å².